The molecule has 2 aliphatic heterocycles. The molecular formula is C21H19ClN2O4. The third kappa shape index (κ3) is 3.20. The second kappa shape index (κ2) is 7.75. The molecule has 0 unspecified atom stereocenters. The van der Waals surface area contributed by atoms with Crippen LogP contribution < -0.4 is 5.73 Å². The van der Waals surface area contributed by atoms with Gasteiger partial charge < -0.3 is 15.2 Å². The summed E-state index contributed by atoms with van der Waals surface area (Å²) in [5.41, 5.74) is 8.07. The van der Waals surface area contributed by atoms with Crippen molar-refractivity contribution in [3.8, 4) is 0 Å². The highest BCUT2D eigenvalue weighted by molar-refractivity contribution is 6.20. The molecule has 0 spiro atoms. The number of fused-ring (bicyclic) bond motifs is 1. The van der Waals surface area contributed by atoms with Gasteiger partial charge in [-0.05, 0) is 11.1 Å². The predicted molar refractivity (Wildman–Crippen MR) is 103 cm³/mol. The molecule has 2 N–H and O–H groups in total. The van der Waals surface area contributed by atoms with E-state index >= 15 is 0 Å². The molecule has 1 saturated heterocycles. The van der Waals surface area contributed by atoms with Gasteiger partial charge in [0.1, 0.15) is 11.7 Å². The standard InChI is InChI=1S/C21H19ClN2O4/c22-11-15-12-27-20-16(23)19(25)24(20)17(15)21(26)28-18(13-7-3-1-4-8-13)14-9-5-2-6-10-14/h1-10,16,18,20H,11-12,23H2/t16-,20-/m1/s1. The number of nitrogens with zero attached hydrogens (tertiary/aromatic N) is 1. The lowest BCUT2D eigenvalue weighted by Gasteiger charge is -2.48. The lowest BCUT2D eigenvalue weighted by Crippen LogP contribution is -2.71. The maximum atomic E-state index is 13.1. The van der Waals surface area contributed by atoms with Crippen molar-refractivity contribution in [3.05, 3.63) is 83.1 Å². The first kappa shape index (κ1) is 18.7. The normalized spacial score (nSPS) is 21.4. The van der Waals surface area contributed by atoms with E-state index in [4.69, 9.17) is 26.8 Å². The van der Waals surface area contributed by atoms with Crippen LogP contribution in [0.5, 0.6) is 0 Å². The van der Waals surface area contributed by atoms with Gasteiger partial charge in [-0.15, -0.1) is 11.6 Å². The fourth-order valence-corrected chi connectivity index (χ4v) is 3.62. The molecule has 28 heavy (non-hydrogen) atoms. The average Bonchev–Trinajstić information content (AvgIpc) is 2.76. The Bertz CT molecular complexity index is 877. The first-order chi connectivity index (χ1) is 13.6. The van der Waals surface area contributed by atoms with Crippen molar-refractivity contribution in [2.45, 2.75) is 18.4 Å². The Labute approximate surface area is 167 Å². The molecule has 0 aromatic heterocycles. The summed E-state index contributed by atoms with van der Waals surface area (Å²) in [7, 11) is 0. The molecule has 7 heteroatoms. The lowest BCUT2D eigenvalue weighted by atomic mass is 9.99. The van der Waals surface area contributed by atoms with Gasteiger partial charge in [-0.2, -0.15) is 0 Å². The monoisotopic (exact) mass is 398 g/mol. The highest BCUT2D eigenvalue weighted by Crippen LogP contribution is 2.35. The molecule has 6 nitrogen and oxygen atoms in total. The molecule has 2 aromatic rings. The number of benzene rings is 2. The van der Waals surface area contributed by atoms with E-state index in [0.717, 1.165) is 11.1 Å². The summed E-state index contributed by atoms with van der Waals surface area (Å²) in [6.45, 7) is 0.136. The summed E-state index contributed by atoms with van der Waals surface area (Å²) >= 11 is 6.00. The highest BCUT2D eigenvalue weighted by atomic mass is 35.5. The second-order valence-corrected chi connectivity index (χ2v) is 6.90. The van der Waals surface area contributed by atoms with Crippen LogP contribution >= 0.6 is 11.6 Å². The smallest absolute Gasteiger partial charge is 0.356 e. The topological polar surface area (TPSA) is 81.9 Å². The fourth-order valence-electron chi connectivity index (χ4n) is 3.42. The first-order valence-corrected chi connectivity index (χ1v) is 9.44. The van der Waals surface area contributed by atoms with Gasteiger partial charge in [-0.25, -0.2) is 4.79 Å². The fraction of sp³-hybridized carbons (Fsp3) is 0.238. The van der Waals surface area contributed by atoms with Crippen LogP contribution in [0.3, 0.4) is 0 Å². The molecule has 1 amide bonds. The second-order valence-electron chi connectivity index (χ2n) is 6.63. The SMILES string of the molecule is N[C@@H]1C(=O)N2C(C(=O)OC(c3ccccc3)c3ccccc3)=C(CCl)CO[C@H]12. The third-order valence-electron chi connectivity index (χ3n) is 4.87. The number of hydrogen-bond donors (Lipinski definition) is 1. The number of hydrogen-bond acceptors (Lipinski definition) is 5. The molecule has 0 saturated carbocycles. The highest BCUT2D eigenvalue weighted by Gasteiger charge is 2.52. The molecule has 2 heterocycles. The van der Waals surface area contributed by atoms with Gasteiger partial charge in [-0.1, -0.05) is 60.7 Å². The van der Waals surface area contributed by atoms with Crippen LogP contribution in [0.25, 0.3) is 0 Å². The van der Waals surface area contributed by atoms with E-state index in [1.54, 1.807) is 0 Å². The minimum absolute atomic E-state index is 0.0531. The van der Waals surface area contributed by atoms with Gasteiger partial charge in [-0.3, -0.25) is 9.69 Å². The number of halogens is 1. The molecule has 2 atom stereocenters. The number of carbonyl (C=O) groups excluding carboxylic acids is 2. The van der Waals surface area contributed by atoms with Crippen molar-refractivity contribution in [1.82, 2.24) is 4.90 Å². The van der Waals surface area contributed by atoms with E-state index in [-0.39, 0.29) is 24.1 Å². The van der Waals surface area contributed by atoms with Gasteiger partial charge in [0, 0.05) is 11.5 Å². The Morgan fingerprint density at radius 1 is 1.14 bits per heavy atom. The number of esters is 1. The number of nitrogens with two attached hydrogens (primary N) is 1. The minimum atomic E-state index is -0.779. The molecule has 2 aromatic carbocycles. The Morgan fingerprint density at radius 2 is 1.71 bits per heavy atom. The number of β-lactam (4-membered cyclic amide) rings is 1. The number of carbonyl (C=O) groups is 2. The Kier molecular flexibility index (Phi) is 5.17. The van der Waals surface area contributed by atoms with Crippen molar-refractivity contribution in [3.63, 3.8) is 0 Å². The summed E-state index contributed by atoms with van der Waals surface area (Å²) < 4.78 is 11.4. The number of rotatable bonds is 5. The molecule has 4 rings (SSSR count). The summed E-state index contributed by atoms with van der Waals surface area (Å²) in [5, 5.41) is 0. The van der Waals surface area contributed by atoms with Gasteiger partial charge in [0.15, 0.2) is 12.3 Å². The van der Waals surface area contributed by atoms with Crippen molar-refractivity contribution < 1.29 is 19.1 Å². The van der Waals surface area contributed by atoms with Gasteiger partial charge in [0.05, 0.1) is 6.61 Å². The summed E-state index contributed by atoms with van der Waals surface area (Å²) in [6, 6.07) is 18.1. The van der Waals surface area contributed by atoms with Crippen LogP contribution in [0, 0.1) is 0 Å². The summed E-state index contributed by atoms with van der Waals surface area (Å²) in [4.78, 5) is 26.6. The van der Waals surface area contributed by atoms with Crippen molar-refractivity contribution in [1.29, 1.82) is 0 Å². The summed E-state index contributed by atoms with van der Waals surface area (Å²) in [6.07, 6.45) is -1.28. The molecule has 1 fully saturated rings. The van der Waals surface area contributed by atoms with E-state index in [9.17, 15) is 9.59 Å². The van der Waals surface area contributed by atoms with Crippen molar-refractivity contribution in [2.75, 3.05) is 12.5 Å². The van der Waals surface area contributed by atoms with Gasteiger partial charge in [0.2, 0.25) is 0 Å². The van der Waals surface area contributed by atoms with Crippen LogP contribution in [0.1, 0.15) is 17.2 Å². The van der Waals surface area contributed by atoms with E-state index in [0.29, 0.717) is 5.57 Å². The van der Waals surface area contributed by atoms with Crippen LogP contribution in [-0.4, -0.2) is 41.5 Å². The number of ether oxygens (including phenoxy) is 2. The van der Waals surface area contributed by atoms with Crippen LogP contribution in [-0.2, 0) is 19.1 Å². The molecule has 0 aliphatic carbocycles. The molecule has 2 aliphatic rings. The van der Waals surface area contributed by atoms with Crippen LogP contribution in [0.2, 0.25) is 0 Å². The largest absolute Gasteiger partial charge is 0.448 e. The lowest BCUT2D eigenvalue weighted by molar-refractivity contribution is -0.182. The molecule has 0 radical (unpaired) electrons. The maximum Gasteiger partial charge on any atom is 0.356 e. The first-order valence-electron chi connectivity index (χ1n) is 8.91. The van der Waals surface area contributed by atoms with E-state index < -0.39 is 24.3 Å². The van der Waals surface area contributed by atoms with Gasteiger partial charge in [0.25, 0.3) is 5.91 Å². The zero-order chi connectivity index (χ0) is 19.7. The average molecular weight is 399 g/mol. The quantitative estimate of drug-likeness (QED) is 0.475. The van der Waals surface area contributed by atoms with Gasteiger partial charge >= 0.3 is 5.97 Å². The Morgan fingerprint density at radius 3 is 2.25 bits per heavy atom. The molecule has 0 bridgehead atoms. The minimum Gasteiger partial charge on any atom is -0.448 e. The number of amides is 1. The van der Waals surface area contributed by atoms with Crippen molar-refractivity contribution >= 4 is 23.5 Å². The molecular weight excluding hydrogens is 380 g/mol. The third-order valence-corrected chi connectivity index (χ3v) is 5.20. The zero-order valence-corrected chi connectivity index (χ0v) is 15.7. The number of alkyl halides is 1. The molecule has 144 valence electrons. The van der Waals surface area contributed by atoms with Crippen LogP contribution in [0.4, 0.5) is 0 Å². The summed E-state index contributed by atoms with van der Waals surface area (Å²) in [5.74, 6) is -0.950. The Hall–Kier alpha value is -2.67. The van der Waals surface area contributed by atoms with E-state index in [2.05, 4.69) is 0 Å². The predicted octanol–water partition coefficient (Wildman–Crippen LogP) is 2.34. The van der Waals surface area contributed by atoms with Crippen LogP contribution in [0.15, 0.2) is 71.9 Å². The van der Waals surface area contributed by atoms with Crippen molar-refractivity contribution in [2.24, 2.45) is 5.73 Å². The van der Waals surface area contributed by atoms with E-state index in [1.807, 2.05) is 60.7 Å². The van der Waals surface area contributed by atoms with E-state index in [1.165, 1.54) is 4.90 Å². The zero-order valence-electron chi connectivity index (χ0n) is 15.0. The maximum absolute atomic E-state index is 13.1. The Balaban J connectivity index is 1.68.